The predicted molar refractivity (Wildman–Crippen MR) is 148 cm³/mol. The van der Waals surface area contributed by atoms with Crippen molar-refractivity contribution in [2.45, 2.75) is 6.92 Å². The Balaban J connectivity index is 1.50. The fraction of sp³-hybridized carbons (Fsp3) is 0.0312. The van der Waals surface area contributed by atoms with Gasteiger partial charge in [0.25, 0.3) is 11.8 Å². The number of rotatable bonds is 8. The summed E-state index contributed by atoms with van der Waals surface area (Å²) in [4.78, 5) is 38.5. The van der Waals surface area contributed by atoms with Gasteiger partial charge in [0.2, 0.25) is 0 Å². The van der Waals surface area contributed by atoms with E-state index >= 15 is 0 Å². The van der Waals surface area contributed by atoms with Gasteiger partial charge in [0, 0.05) is 16.8 Å². The summed E-state index contributed by atoms with van der Waals surface area (Å²) in [6.07, 6.45) is 4.93. The lowest BCUT2D eigenvalue weighted by molar-refractivity contribution is -0.113. The molecule has 4 aromatic carbocycles. The summed E-state index contributed by atoms with van der Waals surface area (Å²) in [6.45, 7) is 1.93. The fourth-order valence-corrected chi connectivity index (χ4v) is 3.60. The Hall–Kier alpha value is -5.03. The van der Waals surface area contributed by atoms with E-state index in [0.29, 0.717) is 16.8 Å². The van der Waals surface area contributed by atoms with Gasteiger partial charge in [-0.2, -0.15) is 0 Å². The van der Waals surface area contributed by atoms with Gasteiger partial charge in [-0.3, -0.25) is 14.4 Å². The van der Waals surface area contributed by atoms with Crippen molar-refractivity contribution in [2.75, 3.05) is 5.32 Å². The first-order valence-electron chi connectivity index (χ1n) is 11.8. The summed E-state index contributed by atoms with van der Waals surface area (Å²) in [5.74, 6) is -1.01. The molecule has 0 fully saturated rings. The summed E-state index contributed by atoms with van der Waals surface area (Å²) in [5.41, 5.74) is 4.26. The van der Waals surface area contributed by atoms with Crippen LogP contribution in [0.4, 0.5) is 5.69 Å². The van der Waals surface area contributed by atoms with Crippen LogP contribution in [0.2, 0.25) is 0 Å². The Labute approximate surface area is 216 Å². The van der Waals surface area contributed by atoms with E-state index in [2.05, 4.69) is 10.6 Å². The van der Waals surface area contributed by atoms with E-state index in [9.17, 15) is 14.4 Å². The van der Waals surface area contributed by atoms with Crippen molar-refractivity contribution in [2.24, 2.45) is 0 Å². The second kappa shape index (κ2) is 12.1. The number of carbonyl (C=O) groups excluding carboxylic acids is 3. The number of amides is 2. The molecule has 0 aliphatic heterocycles. The lowest BCUT2D eigenvalue weighted by Crippen LogP contribution is -2.30. The van der Waals surface area contributed by atoms with E-state index in [1.807, 2.05) is 67.6 Å². The molecule has 0 atom stereocenters. The van der Waals surface area contributed by atoms with Crippen molar-refractivity contribution >= 4 is 35.4 Å². The van der Waals surface area contributed by atoms with Crippen molar-refractivity contribution in [3.63, 3.8) is 0 Å². The predicted octanol–water partition coefficient (Wildman–Crippen LogP) is 6.30. The second-order valence-corrected chi connectivity index (χ2v) is 8.37. The zero-order chi connectivity index (χ0) is 26.0. The highest BCUT2D eigenvalue weighted by Gasteiger charge is 2.15. The Morgan fingerprint density at radius 1 is 0.676 bits per heavy atom. The average molecular weight is 487 g/mol. The van der Waals surface area contributed by atoms with Gasteiger partial charge in [0.15, 0.2) is 5.78 Å². The summed E-state index contributed by atoms with van der Waals surface area (Å²) >= 11 is 0. The third-order valence-corrected chi connectivity index (χ3v) is 5.67. The van der Waals surface area contributed by atoms with Gasteiger partial charge in [-0.1, -0.05) is 78.9 Å². The topological polar surface area (TPSA) is 75.3 Å². The number of nitrogens with one attached hydrogen (secondary N) is 2. The van der Waals surface area contributed by atoms with E-state index in [1.165, 1.54) is 6.08 Å². The first-order valence-corrected chi connectivity index (χ1v) is 11.8. The molecule has 0 aliphatic rings. The number of hydrogen-bond donors (Lipinski definition) is 2. The molecule has 4 aromatic rings. The number of anilines is 1. The van der Waals surface area contributed by atoms with Crippen molar-refractivity contribution in [3.05, 3.63) is 149 Å². The zero-order valence-electron chi connectivity index (χ0n) is 20.3. The Bertz CT molecular complexity index is 1460. The van der Waals surface area contributed by atoms with Gasteiger partial charge < -0.3 is 10.6 Å². The number of allylic oxidation sites excluding steroid dienone is 1. The first-order chi connectivity index (χ1) is 18.0. The standard InChI is InChI=1S/C32H26N2O3/c1-23-10-8-9-15-27(23)22-29(34-31(36)26-13-6-3-7-14-26)32(37)33-28-19-17-25(18-20-28)30(35)21-16-24-11-4-2-5-12-24/h2-22H,1H3,(H,33,37)(H,34,36)/b21-16+,29-22-. The minimum absolute atomic E-state index is 0.106. The van der Waals surface area contributed by atoms with Crippen LogP contribution in [0.3, 0.4) is 0 Å². The number of ketones is 1. The van der Waals surface area contributed by atoms with E-state index in [1.54, 1.807) is 60.7 Å². The van der Waals surface area contributed by atoms with Crippen LogP contribution in [0.1, 0.15) is 37.4 Å². The molecule has 0 unspecified atom stereocenters. The van der Waals surface area contributed by atoms with Gasteiger partial charge in [0.1, 0.15) is 5.70 Å². The molecule has 0 aromatic heterocycles. The van der Waals surface area contributed by atoms with E-state index in [-0.39, 0.29) is 17.4 Å². The maximum Gasteiger partial charge on any atom is 0.272 e. The first kappa shape index (κ1) is 25.1. The van der Waals surface area contributed by atoms with Crippen LogP contribution in [-0.2, 0) is 4.79 Å². The Morgan fingerprint density at radius 3 is 1.97 bits per heavy atom. The van der Waals surface area contributed by atoms with Crippen molar-refractivity contribution in [3.8, 4) is 0 Å². The highest BCUT2D eigenvalue weighted by molar-refractivity contribution is 6.11. The molecule has 4 rings (SSSR count). The lowest BCUT2D eigenvalue weighted by Gasteiger charge is -2.12. The molecular weight excluding hydrogens is 460 g/mol. The fourth-order valence-electron chi connectivity index (χ4n) is 3.60. The average Bonchev–Trinajstić information content (AvgIpc) is 2.94. The van der Waals surface area contributed by atoms with Gasteiger partial charge in [0.05, 0.1) is 0 Å². The lowest BCUT2D eigenvalue weighted by atomic mass is 10.1. The monoisotopic (exact) mass is 486 g/mol. The van der Waals surface area contributed by atoms with E-state index in [0.717, 1.165) is 16.7 Å². The molecule has 0 bridgehead atoms. The minimum Gasteiger partial charge on any atom is -0.321 e. The molecule has 5 heteroatoms. The zero-order valence-corrected chi connectivity index (χ0v) is 20.3. The minimum atomic E-state index is -0.476. The quantitative estimate of drug-likeness (QED) is 0.227. The molecule has 0 saturated heterocycles. The Morgan fingerprint density at radius 2 is 1.30 bits per heavy atom. The maximum absolute atomic E-state index is 13.2. The molecule has 0 heterocycles. The molecule has 182 valence electrons. The van der Waals surface area contributed by atoms with Crippen LogP contribution < -0.4 is 10.6 Å². The van der Waals surface area contributed by atoms with Crippen LogP contribution in [0.5, 0.6) is 0 Å². The number of aryl methyl sites for hydroxylation is 1. The molecule has 5 nitrogen and oxygen atoms in total. The van der Waals surface area contributed by atoms with E-state index < -0.39 is 5.91 Å². The van der Waals surface area contributed by atoms with Crippen LogP contribution >= 0.6 is 0 Å². The van der Waals surface area contributed by atoms with Crippen LogP contribution in [0.25, 0.3) is 12.2 Å². The van der Waals surface area contributed by atoms with Gasteiger partial charge >= 0.3 is 0 Å². The molecule has 2 amide bonds. The summed E-state index contributed by atoms with van der Waals surface area (Å²) in [6, 6.07) is 32.5. The van der Waals surface area contributed by atoms with Crippen LogP contribution in [0, 0.1) is 6.92 Å². The number of hydrogen-bond acceptors (Lipinski definition) is 3. The third kappa shape index (κ3) is 6.99. The van der Waals surface area contributed by atoms with Crippen molar-refractivity contribution in [1.29, 1.82) is 0 Å². The van der Waals surface area contributed by atoms with E-state index in [4.69, 9.17) is 0 Å². The van der Waals surface area contributed by atoms with Gasteiger partial charge in [-0.05, 0) is 72.2 Å². The normalized spacial score (nSPS) is 11.2. The maximum atomic E-state index is 13.2. The smallest absolute Gasteiger partial charge is 0.272 e. The summed E-state index contributed by atoms with van der Waals surface area (Å²) in [7, 11) is 0. The van der Waals surface area contributed by atoms with Gasteiger partial charge in [-0.15, -0.1) is 0 Å². The molecule has 0 spiro atoms. The second-order valence-electron chi connectivity index (χ2n) is 8.37. The molecule has 0 saturated carbocycles. The molecule has 0 aliphatic carbocycles. The van der Waals surface area contributed by atoms with Crippen molar-refractivity contribution < 1.29 is 14.4 Å². The highest BCUT2D eigenvalue weighted by Crippen LogP contribution is 2.16. The molecule has 0 radical (unpaired) electrons. The van der Waals surface area contributed by atoms with Crippen molar-refractivity contribution in [1.82, 2.24) is 5.32 Å². The number of benzene rings is 4. The third-order valence-electron chi connectivity index (χ3n) is 5.67. The largest absolute Gasteiger partial charge is 0.321 e. The molecular formula is C32H26N2O3. The molecule has 37 heavy (non-hydrogen) atoms. The number of carbonyl (C=O) groups is 3. The summed E-state index contributed by atoms with van der Waals surface area (Å²) in [5, 5.41) is 5.55. The SMILES string of the molecule is Cc1ccccc1/C=C(\NC(=O)c1ccccc1)C(=O)Nc1ccc(C(=O)/C=C/c2ccccc2)cc1. The van der Waals surface area contributed by atoms with Crippen LogP contribution in [0.15, 0.2) is 121 Å². The van der Waals surface area contributed by atoms with Gasteiger partial charge in [-0.25, -0.2) is 0 Å². The summed E-state index contributed by atoms with van der Waals surface area (Å²) < 4.78 is 0. The Kier molecular flexibility index (Phi) is 8.19. The van der Waals surface area contributed by atoms with Crippen LogP contribution in [-0.4, -0.2) is 17.6 Å². The molecule has 2 N–H and O–H groups in total. The highest BCUT2D eigenvalue weighted by atomic mass is 16.2.